The molecule has 0 spiro atoms. The molecule has 2 amide bonds. The van der Waals surface area contributed by atoms with Crippen LogP contribution in [-0.4, -0.2) is 44.5 Å². The van der Waals surface area contributed by atoms with E-state index in [1.54, 1.807) is 31.4 Å². The van der Waals surface area contributed by atoms with Crippen LogP contribution in [0.4, 0.5) is 5.69 Å². The summed E-state index contributed by atoms with van der Waals surface area (Å²) in [6, 6.07) is 14.7. The third kappa shape index (κ3) is 5.32. The number of ether oxygens (including phenoxy) is 1. The maximum absolute atomic E-state index is 12.5. The van der Waals surface area contributed by atoms with Crippen LogP contribution in [0.1, 0.15) is 28.9 Å². The van der Waals surface area contributed by atoms with Crippen molar-refractivity contribution in [3.05, 3.63) is 59.7 Å². The van der Waals surface area contributed by atoms with Crippen LogP contribution in [-0.2, 0) is 4.79 Å². The average molecular weight is 355 g/mol. The lowest BCUT2D eigenvalue weighted by Crippen LogP contribution is -2.34. The number of carbonyl (C=O) groups excluding carboxylic acids is 2. The average Bonchev–Trinajstić information content (AvgIpc) is 2.61. The fraction of sp³-hybridized carbons (Fsp3) is 0.300. The lowest BCUT2D eigenvalue weighted by atomic mass is 10.1. The first kappa shape index (κ1) is 19.5. The lowest BCUT2D eigenvalue weighted by molar-refractivity contribution is -0.114. The van der Waals surface area contributed by atoms with Gasteiger partial charge in [-0.2, -0.15) is 0 Å². The number of nitrogens with zero attached hydrogens (tertiary/aromatic N) is 1. The van der Waals surface area contributed by atoms with Crippen molar-refractivity contribution < 1.29 is 14.3 Å². The van der Waals surface area contributed by atoms with Crippen LogP contribution in [0.2, 0.25) is 0 Å². The van der Waals surface area contributed by atoms with Crippen molar-refractivity contribution in [2.45, 2.75) is 13.0 Å². The van der Waals surface area contributed by atoms with Crippen LogP contribution in [0, 0.1) is 0 Å². The standard InChI is InChI=1S/C20H25N3O3/c1-14(24)22-17-7-5-6-16(12-17)20(25)21-13-19(23(2)3)15-8-10-18(26-4)11-9-15/h5-12,19H,13H2,1-4H3,(H,21,25)(H,22,24)/t19-/m1/s1. The molecule has 0 saturated carbocycles. The molecule has 2 N–H and O–H groups in total. The van der Waals surface area contributed by atoms with Crippen LogP contribution in [0.3, 0.4) is 0 Å². The summed E-state index contributed by atoms with van der Waals surface area (Å²) in [6.45, 7) is 1.89. The van der Waals surface area contributed by atoms with Gasteiger partial charge in [-0.1, -0.05) is 18.2 Å². The van der Waals surface area contributed by atoms with Crippen LogP contribution >= 0.6 is 0 Å². The second-order valence-electron chi connectivity index (χ2n) is 6.22. The number of hydrogen-bond acceptors (Lipinski definition) is 4. The van der Waals surface area contributed by atoms with Gasteiger partial charge in [0, 0.05) is 24.7 Å². The topological polar surface area (TPSA) is 70.7 Å². The summed E-state index contributed by atoms with van der Waals surface area (Å²) >= 11 is 0. The number of hydrogen-bond donors (Lipinski definition) is 2. The third-order valence-corrected chi connectivity index (χ3v) is 4.03. The second kappa shape index (κ2) is 9.01. The van der Waals surface area contributed by atoms with Crippen molar-refractivity contribution >= 4 is 17.5 Å². The summed E-state index contributed by atoms with van der Waals surface area (Å²) in [7, 11) is 5.57. The number of likely N-dealkylation sites (N-methyl/N-ethyl adjacent to an activating group) is 1. The van der Waals surface area contributed by atoms with Crippen molar-refractivity contribution in [1.29, 1.82) is 0 Å². The molecule has 0 radical (unpaired) electrons. The van der Waals surface area contributed by atoms with Crippen molar-refractivity contribution in [2.75, 3.05) is 33.1 Å². The first-order valence-corrected chi connectivity index (χ1v) is 8.37. The van der Waals surface area contributed by atoms with E-state index in [9.17, 15) is 9.59 Å². The van der Waals surface area contributed by atoms with Crippen molar-refractivity contribution in [3.63, 3.8) is 0 Å². The molecular weight excluding hydrogens is 330 g/mol. The summed E-state index contributed by atoms with van der Waals surface area (Å²) in [6.07, 6.45) is 0. The van der Waals surface area contributed by atoms with E-state index in [0.29, 0.717) is 17.8 Å². The fourth-order valence-corrected chi connectivity index (χ4v) is 2.66. The van der Waals surface area contributed by atoms with E-state index >= 15 is 0 Å². The zero-order valence-electron chi connectivity index (χ0n) is 15.6. The van der Waals surface area contributed by atoms with Crippen LogP contribution in [0.15, 0.2) is 48.5 Å². The first-order valence-electron chi connectivity index (χ1n) is 8.37. The molecule has 2 rings (SSSR count). The number of carbonyl (C=O) groups is 2. The van der Waals surface area contributed by atoms with E-state index < -0.39 is 0 Å². The van der Waals surface area contributed by atoms with Gasteiger partial charge < -0.3 is 20.3 Å². The van der Waals surface area contributed by atoms with Crippen molar-refractivity contribution in [1.82, 2.24) is 10.2 Å². The molecule has 0 bridgehead atoms. The minimum atomic E-state index is -0.183. The number of benzene rings is 2. The van der Waals surface area contributed by atoms with Gasteiger partial charge in [-0.05, 0) is 50.0 Å². The predicted molar refractivity (Wildman–Crippen MR) is 103 cm³/mol. The van der Waals surface area contributed by atoms with Crippen LogP contribution < -0.4 is 15.4 Å². The molecule has 0 aliphatic carbocycles. The zero-order chi connectivity index (χ0) is 19.1. The third-order valence-electron chi connectivity index (χ3n) is 4.03. The molecular formula is C20H25N3O3. The highest BCUT2D eigenvalue weighted by molar-refractivity contribution is 5.96. The zero-order valence-corrected chi connectivity index (χ0v) is 15.6. The van der Waals surface area contributed by atoms with E-state index in [1.807, 2.05) is 38.4 Å². The molecule has 0 saturated heterocycles. The Bertz CT molecular complexity index is 757. The Balaban J connectivity index is 2.06. The van der Waals surface area contributed by atoms with Crippen molar-refractivity contribution in [3.8, 4) is 5.75 Å². The van der Waals surface area contributed by atoms with Crippen LogP contribution in [0.5, 0.6) is 5.75 Å². The summed E-state index contributed by atoms with van der Waals surface area (Å²) in [5, 5.41) is 5.64. The maximum atomic E-state index is 12.5. The molecule has 0 fully saturated rings. The summed E-state index contributed by atoms with van der Waals surface area (Å²) in [5.41, 5.74) is 2.19. The Kier molecular flexibility index (Phi) is 6.74. The number of methoxy groups -OCH3 is 1. The van der Waals surface area contributed by atoms with Gasteiger partial charge in [0.15, 0.2) is 0 Å². The highest BCUT2D eigenvalue weighted by atomic mass is 16.5. The molecule has 6 heteroatoms. The van der Waals surface area contributed by atoms with Crippen LogP contribution in [0.25, 0.3) is 0 Å². The monoisotopic (exact) mass is 355 g/mol. The van der Waals surface area contributed by atoms with Gasteiger partial charge in [0.25, 0.3) is 5.91 Å². The van der Waals surface area contributed by atoms with Gasteiger partial charge in [0.1, 0.15) is 5.75 Å². The minimum absolute atomic E-state index is 0.0309. The molecule has 2 aromatic carbocycles. The largest absolute Gasteiger partial charge is 0.497 e. The van der Waals surface area contributed by atoms with Crippen molar-refractivity contribution in [2.24, 2.45) is 0 Å². The van der Waals surface area contributed by atoms with E-state index in [0.717, 1.165) is 11.3 Å². The Morgan fingerprint density at radius 1 is 1.12 bits per heavy atom. The molecule has 2 aromatic rings. The van der Waals surface area contributed by atoms with Gasteiger partial charge in [-0.25, -0.2) is 0 Å². The predicted octanol–water partition coefficient (Wildman–Crippen LogP) is 2.69. The molecule has 0 aliphatic heterocycles. The molecule has 1 atom stereocenters. The van der Waals surface area contributed by atoms with Gasteiger partial charge >= 0.3 is 0 Å². The van der Waals surface area contributed by atoms with E-state index in [-0.39, 0.29) is 17.9 Å². The number of anilines is 1. The fourth-order valence-electron chi connectivity index (χ4n) is 2.66. The Labute approximate surface area is 154 Å². The lowest BCUT2D eigenvalue weighted by Gasteiger charge is -2.25. The van der Waals surface area contributed by atoms with Gasteiger partial charge in [0.2, 0.25) is 5.91 Å². The normalized spacial score (nSPS) is 11.7. The smallest absolute Gasteiger partial charge is 0.251 e. The second-order valence-corrected chi connectivity index (χ2v) is 6.22. The van der Waals surface area contributed by atoms with Gasteiger partial charge in [0.05, 0.1) is 13.2 Å². The maximum Gasteiger partial charge on any atom is 0.251 e. The highest BCUT2D eigenvalue weighted by Crippen LogP contribution is 2.21. The van der Waals surface area contributed by atoms with E-state index in [1.165, 1.54) is 6.92 Å². The summed E-state index contributed by atoms with van der Waals surface area (Å²) < 4.78 is 5.19. The number of amides is 2. The highest BCUT2D eigenvalue weighted by Gasteiger charge is 2.16. The Hall–Kier alpha value is -2.86. The molecule has 0 aromatic heterocycles. The SMILES string of the molecule is COc1ccc([C@@H](CNC(=O)c2cccc(NC(C)=O)c2)N(C)C)cc1. The molecule has 138 valence electrons. The van der Waals surface area contributed by atoms with E-state index in [4.69, 9.17) is 4.74 Å². The van der Waals surface area contributed by atoms with Gasteiger partial charge in [-0.3, -0.25) is 9.59 Å². The molecule has 0 heterocycles. The van der Waals surface area contributed by atoms with Gasteiger partial charge in [-0.15, -0.1) is 0 Å². The minimum Gasteiger partial charge on any atom is -0.497 e. The number of nitrogens with one attached hydrogen (secondary N) is 2. The first-order chi connectivity index (χ1) is 12.4. The molecule has 6 nitrogen and oxygen atoms in total. The summed E-state index contributed by atoms with van der Waals surface area (Å²) in [4.78, 5) is 25.7. The van der Waals surface area contributed by atoms with E-state index in [2.05, 4.69) is 15.5 Å². The summed E-state index contributed by atoms with van der Waals surface area (Å²) in [5.74, 6) is 0.442. The molecule has 26 heavy (non-hydrogen) atoms. The Morgan fingerprint density at radius 3 is 2.38 bits per heavy atom. The molecule has 0 unspecified atom stereocenters. The Morgan fingerprint density at radius 2 is 1.81 bits per heavy atom. The quantitative estimate of drug-likeness (QED) is 0.801. The molecule has 0 aliphatic rings. The number of rotatable bonds is 7.